The van der Waals surface area contributed by atoms with Crippen LogP contribution in [-0.4, -0.2) is 49.6 Å². The minimum atomic E-state index is -0.260. The van der Waals surface area contributed by atoms with E-state index in [1.54, 1.807) is 11.0 Å². The summed E-state index contributed by atoms with van der Waals surface area (Å²) >= 11 is 0. The maximum atomic E-state index is 13.3. The second-order valence-electron chi connectivity index (χ2n) is 6.10. The van der Waals surface area contributed by atoms with Crippen LogP contribution in [0.5, 0.6) is 0 Å². The monoisotopic (exact) mass is 321 g/mol. The molecule has 1 aliphatic rings. The van der Waals surface area contributed by atoms with Crippen molar-refractivity contribution in [2.75, 3.05) is 37.6 Å². The molecule has 1 saturated heterocycles. The first-order valence-electron chi connectivity index (χ1n) is 8.60. The summed E-state index contributed by atoms with van der Waals surface area (Å²) in [5.74, 6) is -0.157. The van der Waals surface area contributed by atoms with E-state index >= 15 is 0 Å². The Morgan fingerprint density at radius 2 is 2.09 bits per heavy atom. The lowest BCUT2D eigenvalue weighted by atomic mass is 10.0. The van der Waals surface area contributed by atoms with Crippen LogP contribution in [0.4, 0.5) is 10.1 Å². The summed E-state index contributed by atoms with van der Waals surface area (Å²) < 4.78 is 13.3. The number of aryl methyl sites for hydroxylation is 1. The van der Waals surface area contributed by atoms with E-state index in [0.29, 0.717) is 6.54 Å². The summed E-state index contributed by atoms with van der Waals surface area (Å²) in [4.78, 5) is 16.9. The summed E-state index contributed by atoms with van der Waals surface area (Å²) in [5.41, 5.74) is 1.63. The lowest BCUT2D eigenvalue weighted by molar-refractivity contribution is -0.121. The van der Waals surface area contributed by atoms with Crippen molar-refractivity contribution in [1.82, 2.24) is 10.2 Å². The Hall–Kier alpha value is -1.46. The van der Waals surface area contributed by atoms with Crippen LogP contribution in [0.15, 0.2) is 18.2 Å². The average molecular weight is 321 g/mol. The third kappa shape index (κ3) is 4.52. The average Bonchev–Trinajstić information content (AvgIpc) is 2.54. The van der Waals surface area contributed by atoms with Crippen LogP contribution in [0, 0.1) is 12.7 Å². The van der Waals surface area contributed by atoms with Crippen LogP contribution in [0.2, 0.25) is 0 Å². The first kappa shape index (κ1) is 17.9. The summed E-state index contributed by atoms with van der Waals surface area (Å²) in [6, 6.07) is 4.48. The fourth-order valence-corrected chi connectivity index (χ4v) is 3.16. The van der Waals surface area contributed by atoms with E-state index in [1.165, 1.54) is 12.1 Å². The molecule has 0 spiro atoms. The van der Waals surface area contributed by atoms with Gasteiger partial charge >= 0.3 is 0 Å². The quantitative estimate of drug-likeness (QED) is 0.838. The molecule has 128 valence electrons. The van der Waals surface area contributed by atoms with Gasteiger partial charge in [0.15, 0.2) is 0 Å². The molecular formula is C18H28FN3O. The van der Waals surface area contributed by atoms with Gasteiger partial charge in [-0.25, -0.2) is 4.39 Å². The van der Waals surface area contributed by atoms with Crippen LogP contribution >= 0.6 is 0 Å². The molecule has 5 heteroatoms. The third-order valence-electron chi connectivity index (χ3n) is 4.60. The van der Waals surface area contributed by atoms with Crippen LogP contribution in [-0.2, 0) is 4.79 Å². The number of rotatable bonds is 7. The highest BCUT2D eigenvalue weighted by Gasteiger charge is 2.29. The molecule has 0 radical (unpaired) electrons. The predicted octanol–water partition coefficient (Wildman–Crippen LogP) is 2.56. The van der Waals surface area contributed by atoms with Gasteiger partial charge in [0.05, 0.1) is 6.04 Å². The number of hydrogen-bond acceptors (Lipinski definition) is 3. The van der Waals surface area contributed by atoms with E-state index in [1.807, 2.05) is 6.92 Å². The third-order valence-corrected chi connectivity index (χ3v) is 4.60. The van der Waals surface area contributed by atoms with Gasteiger partial charge in [0, 0.05) is 25.3 Å². The fourth-order valence-electron chi connectivity index (χ4n) is 3.16. The number of piperidine rings is 1. The number of amides is 1. The molecule has 1 amide bonds. The number of nitrogens with one attached hydrogen (secondary N) is 1. The Morgan fingerprint density at radius 1 is 1.35 bits per heavy atom. The van der Waals surface area contributed by atoms with Gasteiger partial charge in [0.2, 0.25) is 5.91 Å². The zero-order valence-electron chi connectivity index (χ0n) is 14.4. The molecule has 0 saturated carbocycles. The van der Waals surface area contributed by atoms with Gasteiger partial charge in [-0.15, -0.1) is 0 Å². The number of anilines is 1. The van der Waals surface area contributed by atoms with Gasteiger partial charge in [0.1, 0.15) is 5.82 Å². The van der Waals surface area contributed by atoms with Crippen molar-refractivity contribution in [1.29, 1.82) is 0 Å². The maximum Gasteiger partial charge on any atom is 0.244 e. The molecule has 0 aromatic heterocycles. The Labute approximate surface area is 138 Å². The Bertz CT molecular complexity index is 531. The molecule has 1 aromatic carbocycles. The maximum absolute atomic E-state index is 13.3. The second kappa shape index (κ2) is 8.41. The smallest absolute Gasteiger partial charge is 0.244 e. The van der Waals surface area contributed by atoms with Crippen molar-refractivity contribution in [3.05, 3.63) is 29.6 Å². The molecule has 1 unspecified atom stereocenters. The van der Waals surface area contributed by atoms with E-state index in [9.17, 15) is 9.18 Å². The van der Waals surface area contributed by atoms with Crippen molar-refractivity contribution in [3.8, 4) is 0 Å². The standard InChI is InChI=1S/C18H28FN3O/c1-4-21(5-2)12-10-20-16-7-6-11-22(18(16)23)17-9-8-15(19)13-14(17)3/h8-9,13,16,20H,4-7,10-12H2,1-3H3. The molecule has 1 atom stereocenters. The normalized spacial score (nSPS) is 18.7. The summed E-state index contributed by atoms with van der Waals surface area (Å²) in [6.45, 7) is 10.7. The Kier molecular flexibility index (Phi) is 6.54. The first-order chi connectivity index (χ1) is 11.1. The van der Waals surface area contributed by atoms with E-state index in [0.717, 1.165) is 50.3 Å². The van der Waals surface area contributed by atoms with Crippen molar-refractivity contribution >= 4 is 11.6 Å². The SMILES string of the molecule is CCN(CC)CCNC1CCCN(c2ccc(F)cc2C)C1=O. The highest BCUT2D eigenvalue weighted by Crippen LogP contribution is 2.25. The van der Waals surface area contributed by atoms with E-state index in [2.05, 4.69) is 24.1 Å². The molecule has 1 aromatic rings. The lowest BCUT2D eigenvalue weighted by Gasteiger charge is -2.34. The fraction of sp³-hybridized carbons (Fsp3) is 0.611. The molecule has 0 aliphatic carbocycles. The number of halogens is 1. The number of carbonyl (C=O) groups is 1. The van der Waals surface area contributed by atoms with E-state index < -0.39 is 0 Å². The number of carbonyl (C=O) groups excluding carboxylic acids is 1. The molecule has 1 heterocycles. The van der Waals surface area contributed by atoms with Crippen LogP contribution in [0.25, 0.3) is 0 Å². The zero-order valence-corrected chi connectivity index (χ0v) is 14.4. The largest absolute Gasteiger partial charge is 0.311 e. The van der Waals surface area contributed by atoms with Crippen molar-refractivity contribution in [2.45, 2.75) is 39.7 Å². The molecule has 1 aliphatic heterocycles. The van der Waals surface area contributed by atoms with Crippen LogP contribution in [0.3, 0.4) is 0 Å². The molecule has 2 rings (SSSR count). The van der Waals surface area contributed by atoms with Crippen molar-refractivity contribution in [2.24, 2.45) is 0 Å². The van der Waals surface area contributed by atoms with E-state index in [4.69, 9.17) is 0 Å². The van der Waals surface area contributed by atoms with Gasteiger partial charge in [-0.05, 0) is 56.6 Å². The van der Waals surface area contributed by atoms with Gasteiger partial charge in [-0.3, -0.25) is 4.79 Å². The topological polar surface area (TPSA) is 35.6 Å². The molecule has 1 fully saturated rings. The second-order valence-corrected chi connectivity index (χ2v) is 6.10. The van der Waals surface area contributed by atoms with Gasteiger partial charge in [-0.1, -0.05) is 13.8 Å². The Balaban J connectivity index is 1.98. The summed E-state index contributed by atoms with van der Waals surface area (Å²) in [5, 5.41) is 3.39. The van der Waals surface area contributed by atoms with Crippen molar-refractivity contribution in [3.63, 3.8) is 0 Å². The molecule has 1 N–H and O–H groups in total. The van der Waals surface area contributed by atoms with Crippen molar-refractivity contribution < 1.29 is 9.18 Å². The molecule has 23 heavy (non-hydrogen) atoms. The summed E-state index contributed by atoms with van der Waals surface area (Å²) in [6.07, 6.45) is 1.83. The van der Waals surface area contributed by atoms with Gasteiger partial charge in [0.25, 0.3) is 0 Å². The highest BCUT2D eigenvalue weighted by molar-refractivity contribution is 5.98. The van der Waals surface area contributed by atoms with E-state index in [-0.39, 0.29) is 17.8 Å². The molecular weight excluding hydrogens is 293 g/mol. The molecule has 0 bridgehead atoms. The minimum absolute atomic E-state index is 0.102. The zero-order chi connectivity index (χ0) is 16.8. The molecule has 4 nitrogen and oxygen atoms in total. The number of benzene rings is 1. The lowest BCUT2D eigenvalue weighted by Crippen LogP contribution is -2.52. The highest BCUT2D eigenvalue weighted by atomic mass is 19.1. The Morgan fingerprint density at radius 3 is 2.74 bits per heavy atom. The number of hydrogen-bond donors (Lipinski definition) is 1. The minimum Gasteiger partial charge on any atom is -0.311 e. The first-order valence-corrected chi connectivity index (χ1v) is 8.60. The number of likely N-dealkylation sites (N-methyl/N-ethyl adjacent to an activating group) is 1. The van der Waals surface area contributed by atoms with Crippen LogP contribution in [0.1, 0.15) is 32.3 Å². The van der Waals surface area contributed by atoms with Gasteiger partial charge < -0.3 is 15.1 Å². The summed E-state index contributed by atoms with van der Waals surface area (Å²) in [7, 11) is 0. The van der Waals surface area contributed by atoms with Gasteiger partial charge in [-0.2, -0.15) is 0 Å². The number of nitrogens with zero attached hydrogens (tertiary/aromatic N) is 2. The van der Waals surface area contributed by atoms with Crippen LogP contribution < -0.4 is 10.2 Å². The predicted molar refractivity (Wildman–Crippen MR) is 92.3 cm³/mol.